The molecular weight excluding hydrogens is 305 g/mol. The van der Waals surface area contributed by atoms with Crippen molar-refractivity contribution >= 4 is 0 Å². The van der Waals surface area contributed by atoms with Crippen LogP contribution in [0.1, 0.15) is 39.0 Å². The number of allylic oxidation sites excluding steroid dienone is 2. The van der Waals surface area contributed by atoms with Crippen LogP contribution in [0, 0.1) is 23.5 Å². The maximum Gasteiger partial charge on any atom is 0.204 e. The van der Waals surface area contributed by atoms with E-state index in [-0.39, 0.29) is 29.2 Å². The van der Waals surface area contributed by atoms with E-state index in [0.29, 0.717) is 13.0 Å². The Labute approximate surface area is 135 Å². The van der Waals surface area contributed by atoms with E-state index in [1.165, 1.54) is 19.2 Å². The Kier molecular flexibility index (Phi) is 6.37. The highest BCUT2D eigenvalue weighted by atomic mass is 19.2. The summed E-state index contributed by atoms with van der Waals surface area (Å²) in [5.74, 6) is -1.78. The van der Waals surface area contributed by atoms with Crippen molar-refractivity contribution in [2.45, 2.75) is 39.0 Å². The van der Waals surface area contributed by atoms with Gasteiger partial charge in [0.05, 0.1) is 19.5 Å². The van der Waals surface area contributed by atoms with Crippen LogP contribution in [-0.4, -0.2) is 13.7 Å². The number of ether oxygens (including phenoxy) is 2. The maximum atomic E-state index is 13.8. The molecule has 0 radical (unpaired) electrons. The molecule has 1 aliphatic carbocycles. The van der Waals surface area contributed by atoms with Gasteiger partial charge in [-0.15, -0.1) is 0 Å². The van der Waals surface area contributed by atoms with Crippen molar-refractivity contribution in [2.75, 3.05) is 13.7 Å². The average molecular weight is 328 g/mol. The molecule has 0 saturated heterocycles. The molecule has 0 unspecified atom stereocenters. The van der Waals surface area contributed by atoms with Crippen molar-refractivity contribution in [3.05, 3.63) is 35.7 Å². The smallest absolute Gasteiger partial charge is 0.204 e. The molecular formula is C18H23F3O2. The largest absolute Gasteiger partial charge is 0.494 e. The van der Waals surface area contributed by atoms with Crippen molar-refractivity contribution in [3.8, 4) is 11.5 Å². The molecule has 0 spiro atoms. The second-order valence-electron chi connectivity index (χ2n) is 5.95. The predicted molar refractivity (Wildman–Crippen MR) is 83.3 cm³/mol. The van der Waals surface area contributed by atoms with E-state index in [2.05, 4.69) is 0 Å². The number of rotatable bonds is 6. The van der Waals surface area contributed by atoms with Crippen LogP contribution in [0.15, 0.2) is 24.0 Å². The standard InChI is InChI=1S/C18H23F3O2/c1-3-14(19)10-12-4-6-13(7-5-12)11-23-16-9-8-15(22-2)17(20)18(16)21/h8-10,12-13H,3-7,11H2,1-2H3/b14-10-. The van der Waals surface area contributed by atoms with Crippen LogP contribution in [0.3, 0.4) is 0 Å². The molecule has 0 atom stereocenters. The summed E-state index contributed by atoms with van der Waals surface area (Å²) in [6.45, 7) is 2.14. The fraction of sp³-hybridized carbons (Fsp3) is 0.556. The fourth-order valence-corrected chi connectivity index (χ4v) is 2.89. The fourth-order valence-electron chi connectivity index (χ4n) is 2.89. The van der Waals surface area contributed by atoms with Gasteiger partial charge in [-0.2, -0.15) is 8.78 Å². The molecule has 1 aromatic rings. The molecule has 0 aromatic heterocycles. The van der Waals surface area contributed by atoms with E-state index in [0.717, 1.165) is 25.7 Å². The summed E-state index contributed by atoms with van der Waals surface area (Å²) in [5, 5.41) is 0. The lowest BCUT2D eigenvalue weighted by Crippen LogP contribution is -2.19. The van der Waals surface area contributed by atoms with E-state index in [4.69, 9.17) is 9.47 Å². The highest BCUT2D eigenvalue weighted by Crippen LogP contribution is 2.32. The SMILES string of the molecule is CC/C(F)=C/C1CCC(COc2ccc(OC)c(F)c2F)CC1. The van der Waals surface area contributed by atoms with Crippen molar-refractivity contribution < 1.29 is 22.6 Å². The summed E-state index contributed by atoms with van der Waals surface area (Å²) in [5.41, 5.74) is 0. The number of methoxy groups -OCH3 is 1. The summed E-state index contributed by atoms with van der Waals surface area (Å²) in [7, 11) is 1.28. The van der Waals surface area contributed by atoms with Crippen LogP contribution < -0.4 is 9.47 Å². The molecule has 0 aliphatic heterocycles. The average Bonchev–Trinajstić information content (AvgIpc) is 2.57. The lowest BCUT2D eigenvalue weighted by Gasteiger charge is -2.26. The molecule has 5 heteroatoms. The Hall–Kier alpha value is -1.65. The second kappa shape index (κ2) is 8.27. The van der Waals surface area contributed by atoms with Crippen LogP contribution in [0.4, 0.5) is 13.2 Å². The third kappa shape index (κ3) is 4.66. The van der Waals surface area contributed by atoms with Gasteiger partial charge in [-0.25, -0.2) is 4.39 Å². The van der Waals surface area contributed by atoms with Crippen LogP contribution in [0.25, 0.3) is 0 Å². The molecule has 0 amide bonds. The molecule has 2 rings (SSSR count). The van der Waals surface area contributed by atoms with E-state index in [1.54, 1.807) is 13.0 Å². The van der Waals surface area contributed by atoms with E-state index >= 15 is 0 Å². The Morgan fingerprint density at radius 1 is 1.13 bits per heavy atom. The number of hydrogen-bond acceptors (Lipinski definition) is 2. The third-order valence-corrected chi connectivity index (χ3v) is 4.35. The molecule has 0 heterocycles. The number of hydrogen-bond donors (Lipinski definition) is 0. The molecule has 1 aromatic carbocycles. The first-order valence-corrected chi connectivity index (χ1v) is 8.06. The molecule has 128 valence electrons. The van der Waals surface area contributed by atoms with Crippen molar-refractivity contribution in [1.29, 1.82) is 0 Å². The van der Waals surface area contributed by atoms with Gasteiger partial charge in [0.2, 0.25) is 11.6 Å². The maximum absolute atomic E-state index is 13.8. The summed E-state index contributed by atoms with van der Waals surface area (Å²) in [6, 6.07) is 2.73. The first-order valence-electron chi connectivity index (χ1n) is 8.06. The van der Waals surface area contributed by atoms with Crippen molar-refractivity contribution in [2.24, 2.45) is 11.8 Å². The van der Waals surface area contributed by atoms with Gasteiger partial charge in [-0.3, -0.25) is 0 Å². The minimum absolute atomic E-state index is 0.0551. The van der Waals surface area contributed by atoms with Crippen LogP contribution in [-0.2, 0) is 0 Å². The zero-order valence-electron chi connectivity index (χ0n) is 13.6. The van der Waals surface area contributed by atoms with Gasteiger partial charge in [0.25, 0.3) is 0 Å². The Bertz CT molecular complexity index is 549. The van der Waals surface area contributed by atoms with Gasteiger partial charge in [0.1, 0.15) is 0 Å². The molecule has 23 heavy (non-hydrogen) atoms. The van der Waals surface area contributed by atoms with Gasteiger partial charge in [-0.05, 0) is 62.1 Å². The van der Waals surface area contributed by atoms with E-state index < -0.39 is 11.6 Å². The van der Waals surface area contributed by atoms with Crippen LogP contribution in [0.2, 0.25) is 0 Å². The molecule has 1 aliphatic rings. The Balaban J connectivity index is 1.85. The Morgan fingerprint density at radius 3 is 2.35 bits per heavy atom. The molecule has 0 bridgehead atoms. The first kappa shape index (κ1) is 17.7. The summed E-state index contributed by atoms with van der Waals surface area (Å²) >= 11 is 0. The monoisotopic (exact) mass is 328 g/mol. The number of benzene rings is 1. The summed E-state index contributed by atoms with van der Waals surface area (Å²) in [4.78, 5) is 0. The van der Waals surface area contributed by atoms with Crippen molar-refractivity contribution in [1.82, 2.24) is 0 Å². The van der Waals surface area contributed by atoms with E-state index in [1.807, 2.05) is 0 Å². The first-order chi connectivity index (χ1) is 11.0. The van der Waals surface area contributed by atoms with Crippen molar-refractivity contribution in [3.63, 3.8) is 0 Å². The third-order valence-electron chi connectivity index (χ3n) is 4.35. The van der Waals surface area contributed by atoms with E-state index in [9.17, 15) is 13.2 Å². The second-order valence-corrected chi connectivity index (χ2v) is 5.95. The van der Waals surface area contributed by atoms with Crippen LogP contribution >= 0.6 is 0 Å². The summed E-state index contributed by atoms with van der Waals surface area (Å²) in [6.07, 6.45) is 5.76. The lowest BCUT2D eigenvalue weighted by atomic mass is 9.82. The predicted octanol–water partition coefficient (Wildman–Crippen LogP) is 5.42. The Morgan fingerprint density at radius 2 is 1.74 bits per heavy atom. The van der Waals surface area contributed by atoms with Gasteiger partial charge < -0.3 is 9.47 Å². The van der Waals surface area contributed by atoms with Gasteiger partial charge in [-0.1, -0.05) is 6.92 Å². The molecule has 0 N–H and O–H groups in total. The lowest BCUT2D eigenvalue weighted by molar-refractivity contribution is 0.186. The normalized spacial score (nSPS) is 22.0. The highest BCUT2D eigenvalue weighted by Gasteiger charge is 2.22. The summed E-state index contributed by atoms with van der Waals surface area (Å²) < 4.78 is 50.9. The zero-order valence-corrected chi connectivity index (χ0v) is 13.6. The van der Waals surface area contributed by atoms with Crippen LogP contribution in [0.5, 0.6) is 11.5 Å². The van der Waals surface area contributed by atoms with Gasteiger partial charge >= 0.3 is 0 Å². The molecule has 1 fully saturated rings. The minimum Gasteiger partial charge on any atom is -0.494 e. The zero-order chi connectivity index (χ0) is 16.8. The molecule has 1 saturated carbocycles. The van der Waals surface area contributed by atoms with Gasteiger partial charge in [0, 0.05) is 0 Å². The quantitative estimate of drug-likeness (QED) is 0.694. The molecule has 2 nitrogen and oxygen atoms in total. The number of halogens is 3. The minimum atomic E-state index is -1.03. The highest BCUT2D eigenvalue weighted by molar-refractivity contribution is 5.34. The topological polar surface area (TPSA) is 18.5 Å². The van der Waals surface area contributed by atoms with Gasteiger partial charge in [0.15, 0.2) is 11.5 Å².